The molecule has 0 saturated carbocycles. The van der Waals surface area contributed by atoms with E-state index >= 15 is 0 Å². The third kappa shape index (κ3) is 4.59. The summed E-state index contributed by atoms with van der Waals surface area (Å²) in [6.45, 7) is 8.09. The maximum atomic E-state index is 13.1. The minimum Gasteiger partial charge on any atom is -0.507 e. The molecule has 5 aliphatic heterocycles. The number of cyclic esters (lactones) is 1. The Hall–Kier alpha value is -1.73. The zero-order valence-corrected chi connectivity index (χ0v) is 31.4. The maximum Gasteiger partial charge on any atom is 0.309 e. The number of carbonyl (C=O) groups excluding carboxylic acids is 1. The molecule has 2 aromatic rings. The Kier molecular flexibility index (Phi) is 8.89. The van der Waals surface area contributed by atoms with Crippen molar-refractivity contribution in [1.82, 2.24) is 9.80 Å². The molecule has 4 bridgehead atoms. The van der Waals surface area contributed by atoms with Crippen LogP contribution in [-0.2, 0) is 20.7 Å². The second-order valence-electron chi connectivity index (χ2n) is 12.3. The molecule has 2 aromatic carbocycles. The standard InChI is InChI=1S/C32H37N3O7S.Ac/c1-14-7-18-8-19-20(9-33)35-21-10-39-32(37)15(2)11-43-31(24-23(21)30-29(41-13-42-30)17(4)27(24)36)26(35)25(34(19)5)22(18)28(16(14)3)40-12-38-6;/h7,15,19-21,25-26,31,36H,8,10-13H2,1-6H3;/t15?,19-,20-,21+,25-,26?,31+;/m0./s1. The first-order valence-corrected chi connectivity index (χ1v) is 15.8. The van der Waals surface area contributed by atoms with Crippen LogP contribution in [0.2, 0.25) is 0 Å². The summed E-state index contributed by atoms with van der Waals surface area (Å²) in [7, 11) is 3.71. The second kappa shape index (κ2) is 12.1. The van der Waals surface area contributed by atoms with Crippen LogP contribution < -0.4 is 14.2 Å². The monoisotopic (exact) mass is 834 g/mol. The second-order valence-corrected chi connectivity index (χ2v) is 13.5. The number of aromatic hydroxyl groups is 1. The smallest absolute Gasteiger partial charge is 0.309 e. The number of likely N-dealkylation sites (N-methyl/N-ethyl adjacent to an activating group) is 1. The van der Waals surface area contributed by atoms with E-state index in [4.69, 9.17) is 23.7 Å². The summed E-state index contributed by atoms with van der Waals surface area (Å²) in [4.78, 5) is 17.6. The van der Waals surface area contributed by atoms with Gasteiger partial charge in [0.15, 0.2) is 18.3 Å². The normalized spacial score (nSPS) is 30.3. The first-order valence-electron chi connectivity index (χ1n) is 14.8. The van der Waals surface area contributed by atoms with Gasteiger partial charge in [-0.2, -0.15) is 17.0 Å². The Morgan fingerprint density at radius 2 is 1.89 bits per heavy atom. The number of aryl methyl sites for hydroxylation is 1. The zero-order valence-electron chi connectivity index (χ0n) is 25.9. The predicted molar refractivity (Wildman–Crippen MR) is 158 cm³/mol. The third-order valence-corrected chi connectivity index (χ3v) is 11.7. The van der Waals surface area contributed by atoms with Gasteiger partial charge in [-0.1, -0.05) is 13.0 Å². The summed E-state index contributed by atoms with van der Waals surface area (Å²) in [6.07, 6.45) is 0.666. The van der Waals surface area contributed by atoms with Crippen LogP contribution in [-0.4, -0.2) is 79.1 Å². The molecule has 0 amide bonds. The van der Waals surface area contributed by atoms with E-state index in [-0.39, 0.29) is 105 Å². The number of phenolic OH excluding ortho intramolecular Hbond substituents is 1. The maximum absolute atomic E-state index is 13.1. The van der Waals surface area contributed by atoms with Crippen LogP contribution in [0.4, 0.5) is 0 Å². The summed E-state index contributed by atoms with van der Waals surface area (Å²) in [5.74, 6) is 1.96. The number of carbonyl (C=O) groups is 1. The van der Waals surface area contributed by atoms with Gasteiger partial charge >= 0.3 is 5.97 Å². The first-order chi connectivity index (χ1) is 20.7. The Balaban J connectivity index is 0.00000343. The predicted octanol–water partition coefficient (Wildman–Crippen LogP) is 4.22. The molecule has 7 rings (SSSR count). The van der Waals surface area contributed by atoms with E-state index in [1.54, 1.807) is 18.9 Å². The van der Waals surface area contributed by atoms with Gasteiger partial charge in [-0.3, -0.25) is 14.6 Å². The molecule has 0 aromatic heterocycles. The van der Waals surface area contributed by atoms with Gasteiger partial charge < -0.3 is 28.8 Å². The van der Waals surface area contributed by atoms with Crippen LogP contribution in [0.15, 0.2) is 6.07 Å². The number of phenols is 1. The molecular formula is C32H37AcN3O7S. The van der Waals surface area contributed by atoms with Crippen molar-refractivity contribution in [3.8, 4) is 29.1 Å². The fourth-order valence-electron chi connectivity index (χ4n) is 7.95. The van der Waals surface area contributed by atoms with E-state index in [0.717, 1.165) is 33.6 Å². The third-order valence-electron chi connectivity index (χ3n) is 10.1. The van der Waals surface area contributed by atoms with Gasteiger partial charge in [0.25, 0.3) is 0 Å². The van der Waals surface area contributed by atoms with Crippen molar-refractivity contribution < 1.29 is 77.6 Å². The number of piperazine rings is 1. The molecule has 2 saturated heterocycles. The molecule has 1 N–H and O–H groups in total. The molecule has 44 heavy (non-hydrogen) atoms. The minimum atomic E-state index is -0.521. The molecule has 231 valence electrons. The quantitative estimate of drug-likeness (QED) is 0.355. The molecule has 5 aliphatic rings. The number of thioether (sulfide) groups is 1. The number of esters is 1. The number of hydrogen-bond acceptors (Lipinski definition) is 11. The molecular weight excluding hydrogens is 797 g/mol. The molecule has 12 heteroatoms. The van der Waals surface area contributed by atoms with E-state index in [1.807, 2.05) is 13.8 Å². The number of fused-ring (bicyclic) bond motifs is 9. The molecule has 10 nitrogen and oxygen atoms in total. The molecule has 2 unspecified atom stereocenters. The van der Waals surface area contributed by atoms with Gasteiger partial charge in [0.2, 0.25) is 6.79 Å². The van der Waals surface area contributed by atoms with E-state index in [1.165, 1.54) is 5.56 Å². The summed E-state index contributed by atoms with van der Waals surface area (Å²) in [5.41, 5.74) is 6.62. The molecule has 7 atom stereocenters. The van der Waals surface area contributed by atoms with Gasteiger partial charge in [0.05, 0.1) is 29.3 Å². The number of methoxy groups -OCH3 is 1. The molecule has 5 heterocycles. The van der Waals surface area contributed by atoms with Gasteiger partial charge in [0, 0.05) is 91.3 Å². The van der Waals surface area contributed by atoms with Gasteiger partial charge in [-0.05, 0) is 50.9 Å². The largest absolute Gasteiger partial charge is 0.507 e. The first kappa shape index (κ1) is 32.2. The van der Waals surface area contributed by atoms with Gasteiger partial charge in [0.1, 0.15) is 24.1 Å². The number of ether oxygens (including phenoxy) is 5. The number of rotatable bonds is 3. The van der Waals surface area contributed by atoms with Crippen molar-refractivity contribution >= 4 is 17.7 Å². The van der Waals surface area contributed by atoms with Crippen LogP contribution in [0.1, 0.15) is 63.2 Å². The van der Waals surface area contributed by atoms with Crippen LogP contribution in [0.3, 0.4) is 0 Å². The van der Waals surface area contributed by atoms with Crippen molar-refractivity contribution in [2.24, 2.45) is 5.92 Å². The van der Waals surface area contributed by atoms with Crippen molar-refractivity contribution in [2.45, 2.75) is 69.6 Å². The Morgan fingerprint density at radius 3 is 2.61 bits per heavy atom. The number of nitriles is 1. The molecule has 0 aliphatic carbocycles. The number of benzene rings is 2. The van der Waals surface area contributed by atoms with Crippen molar-refractivity contribution in [2.75, 3.05) is 40.1 Å². The van der Waals surface area contributed by atoms with E-state index in [2.05, 4.69) is 42.8 Å². The van der Waals surface area contributed by atoms with Crippen LogP contribution >= 0.6 is 11.8 Å². The fourth-order valence-corrected chi connectivity index (χ4v) is 9.47. The SMILES string of the molecule is COCOc1c(C)c(C)cc2c1[C@H]1C3[C@@H]4SCC(C)C(=O)OC[C@H](c5c6c(c(C)c(O)c54)OCO6)N3[C@@H](C#N)[C@H](C2)N1C.[Ac]. The Labute approximate surface area is 297 Å². The van der Waals surface area contributed by atoms with E-state index in [9.17, 15) is 15.2 Å². The average molecular weight is 835 g/mol. The van der Waals surface area contributed by atoms with E-state index in [0.29, 0.717) is 29.2 Å². The van der Waals surface area contributed by atoms with Crippen LogP contribution in [0, 0.1) is 82.1 Å². The van der Waals surface area contributed by atoms with Crippen molar-refractivity contribution in [3.63, 3.8) is 0 Å². The summed E-state index contributed by atoms with van der Waals surface area (Å²) in [6, 6.07) is 3.32. The van der Waals surface area contributed by atoms with Crippen LogP contribution in [0.25, 0.3) is 0 Å². The number of hydrogen-bond donors (Lipinski definition) is 1. The number of nitrogens with zero attached hydrogens (tertiary/aromatic N) is 3. The molecule has 0 spiro atoms. The Morgan fingerprint density at radius 1 is 1.14 bits per heavy atom. The minimum absolute atomic E-state index is 0. The average Bonchev–Trinajstić information content (AvgIpc) is 3.48. The van der Waals surface area contributed by atoms with E-state index < -0.39 is 12.1 Å². The van der Waals surface area contributed by atoms with Crippen molar-refractivity contribution in [3.05, 3.63) is 45.0 Å². The molecule has 1 radical (unpaired) electrons. The topological polar surface area (TPSA) is 114 Å². The Bertz CT molecular complexity index is 1560. The fraction of sp³-hybridized carbons (Fsp3) is 0.562. The summed E-state index contributed by atoms with van der Waals surface area (Å²) in [5, 5.41) is 22.4. The summed E-state index contributed by atoms with van der Waals surface area (Å²) < 4.78 is 29.6. The van der Waals surface area contributed by atoms with Crippen LogP contribution in [0.5, 0.6) is 23.0 Å². The van der Waals surface area contributed by atoms with Crippen molar-refractivity contribution in [1.29, 1.82) is 5.26 Å². The van der Waals surface area contributed by atoms with Gasteiger partial charge in [-0.25, -0.2) is 0 Å². The van der Waals surface area contributed by atoms with Gasteiger partial charge in [-0.15, -0.1) is 0 Å². The zero-order chi connectivity index (χ0) is 30.3. The summed E-state index contributed by atoms with van der Waals surface area (Å²) >= 11 is 1.63. The molecule has 2 fully saturated rings.